The van der Waals surface area contributed by atoms with Gasteiger partial charge in [0.2, 0.25) is 0 Å². The lowest BCUT2D eigenvalue weighted by Crippen LogP contribution is -2.13. The largest absolute Gasteiger partial charge is 0.491 e. The van der Waals surface area contributed by atoms with Gasteiger partial charge in [-0.05, 0) is 18.2 Å². The summed E-state index contributed by atoms with van der Waals surface area (Å²) in [5.74, 6) is 1.45. The number of para-hydroxylation sites is 1. The average Bonchev–Trinajstić information content (AvgIpc) is 2.76. The Morgan fingerprint density at radius 2 is 2.12 bits per heavy atom. The summed E-state index contributed by atoms with van der Waals surface area (Å²) in [6.07, 6.45) is 1.68. The molecule has 1 unspecified atom stereocenters. The van der Waals surface area contributed by atoms with Crippen LogP contribution in [0.25, 0.3) is 0 Å². The molecule has 4 nitrogen and oxygen atoms in total. The van der Waals surface area contributed by atoms with Gasteiger partial charge in [0.15, 0.2) is 0 Å². The van der Waals surface area contributed by atoms with Crippen LogP contribution in [0.4, 0.5) is 11.5 Å². The third-order valence-electron chi connectivity index (χ3n) is 2.87. The molecular formula is C13H13N3O. The number of hydrogen-bond acceptors (Lipinski definition) is 4. The van der Waals surface area contributed by atoms with Gasteiger partial charge < -0.3 is 15.8 Å². The van der Waals surface area contributed by atoms with Gasteiger partial charge >= 0.3 is 0 Å². The molecule has 0 bridgehead atoms. The summed E-state index contributed by atoms with van der Waals surface area (Å²) in [5.41, 5.74) is 7.81. The number of nitrogens with one attached hydrogen (secondary N) is 1. The van der Waals surface area contributed by atoms with Gasteiger partial charge in [0.25, 0.3) is 0 Å². The van der Waals surface area contributed by atoms with E-state index < -0.39 is 0 Å². The van der Waals surface area contributed by atoms with Gasteiger partial charge in [-0.1, -0.05) is 18.2 Å². The topological polar surface area (TPSA) is 60.2 Å². The predicted octanol–water partition coefficient (Wildman–Crippen LogP) is 2.21. The fourth-order valence-corrected chi connectivity index (χ4v) is 2.01. The number of hydrogen-bond donors (Lipinski definition) is 2. The van der Waals surface area contributed by atoms with E-state index in [1.807, 2.05) is 30.3 Å². The van der Waals surface area contributed by atoms with Crippen molar-refractivity contribution in [3.05, 3.63) is 48.2 Å². The second-order valence-electron chi connectivity index (χ2n) is 3.98. The highest BCUT2D eigenvalue weighted by atomic mass is 16.5. The summed E-state index contributed by atoms with van der Waals surface area (Å²) in [6, 6.07) is 11.9. The van der Waals surface area contributed by atoms with Crippen LogP contribution in [-0.2, 0) is 0 Å². The third kappa shape index (κ3) is 1.78. The maximum absolute atomic E-state index is 5.80. The molecule has 3 N–H and O–H groups in total. The van der Waals surface area contributed by atoms with Crippen LogP contribution in [0.2, 0.25) is 0 Å². The number of ether oxygens (including phenoxy) is 1. The fraction of sp³-hybridized carbons (Fsp3) is 0.154. The molecular weight excluding hydrogens is 214 g/mol. The summed E-state index contributed by atoms with van der Waals surface area (Å²) in [5, 5.41) is 3.35. The number of pyridine rings is 1. The highest BCUT2D eigenvalue weighted by Gasteiger charge is 2.23. The SMILES string of the molecule is Nc1ncccc1NC1COc2ccccc21. The summed E-state index contributed by atoms with van der Waals surface area (Å²) in [7, 11) is 0. The van der Waals surface area contributed by atoms with Crippen LogP contribution in [0.1, 0.15) is 11.6 Å². The molecule has 0 saturated heterocycles. The lowest BCUT2D eigenvalue weighted by molar-refractivity contribution is 0.340. The Hall–Kier alpha value is -2.23. The van der Waals surface area contributed by atoms with Crippen molar-refractivity contribution in [2.75, 3.05) is 17.7 Å². The minimum Gasteiger partial charge on any atom is -0.491 e. The Kier molecular flexibility index (Phi) is 2.33. The van der Waals surface area contributed by atoms with E-state index in [4.69, 9.17) is 10.5 Å². The molecule has 1 atom stereocenters. The molecule has 0 saturated carbocycles. The van der Waals surface area contributed by atoms with E-state index in [-0.39, 0.29) is 6.04 Å². The Balaban J connectivity index is 1.87. The first-order chi connectivity index (χ1) is 8.34. The van der Waals surface area contributed by atoms with Gasteiger partial charge in [0, 0.05) is 11.8 Å². The van der Waals surface area contributed by atoms with Gasteiger partial charge in [-0.25, -0.2) is 4.98 Å². The average molecular weight is 227 g/mol. The lowest BCUT2D eigenvalue weighted by atomic mass is 10.1. The molecule has 2 aromatic rings. The molecule has 17 heavy (non-hydrogen) atoms. The maximum atomic E-state index is 5.80. The van der Waals surface area contributed by atoms with Gasteiger partial charge in [-0.3, -0.25) is 0 Å². The summed E-state index contributed by atoms with van der Waals surface area (Å²) in [4.78, 5) is 4.05. The monoisotopic (exact) mass is 227 g/mol. The minimum absolute atomic E-state index is 0.137. The van der Waals surface area contributed by atoms with Crippen molar-refractivity contribution in [2.24, 2.45) is 0 Å². The van der Waals surface area contributed by atoms with Crippen molar-refractivity contribution < 1.29 is 4.74 Å². The molecule has 0 radical (unpaired) electrons. The first kappa shape index (κ1) is 9.96. The normalized spacial score (nSPS) is 17.3. The molecule has 1 aliphatic heterocycles. The van der Waals surface area contributed by atoms with Crippen molar-refractivity contribution in [2.45, 2.75) is 6.04 Å². The van der Waals surface area contributed by atoms with E-state index in [1.54, 1.807) is 6.20 Å². The standard InChI is InChI=1S/C13H13N3O/c14-13-10(5-3-7-15-13)16-11-8-17-12-6-2-1-4-9(11)12/h1-7,11,16H,8H2,(H2,14,15). The van der Waals surface area contributed by atoms with E-state index in [0.717, 1.165) is 17.0 Å². The van der Waals surface area contributed by atoms with Crippen LogP contribution in [0.5, 0.6) is 5.75 Å². The van der Waals surface area contributed by atoms with Crippen molar-refractivity contribution in [1.82, 2.24) is 4.98 Å². The molecule has 86 valence electrons. The zero-order valence-corrected chi connectivity index (χ0v) is 9.26. The highest BCUT2D eigenvalue weighted by molar-refractivity contribution is 5.62. The Bertz CT molecular complexity index is 542. The number of nitrogen functional groups attached to an aromatic ring is 1. The van der Waals surface area contributed by atoms with E-state index in [2.05, 4.69) is 16.4 Å². The fourth-order valence-electron chi connectivity index (χ4n) is 2.01. The number of rotatable bonds is 2. The van der Waals surface area contributed by atoms with Crippen molar-refractivity contribution in [3.8, 4) is 5.75 Å². The summed E-state index contributed by atoms with van der Waals surface area (Å²) < 4.78 is 5.60. The van der Waals surface area contributed by atoms with Crippen LogP contribution in [-0.4, -0.2) is 11.6 Å². The summed E-state index contributed by atoms with van der Waals surface area (Å²) in [6.45, 7) is 0.619. The number of nitrogens with zero attached hydrogens (tertiary/aromatic N) is 1. The molecule has 1 aromatic heterocycles. The van der Waals surface area contributed by atoms with Crippen molar-refractivity contribution in [1.29, 1.82) is 0 Å². The maximum Gasteiger partial charge on any atom is 0.146 e. The van der Waals surface area contributed by atoms with Crippen LogP contribution in [0.15, 0.2) is 42.6 Å². The van der Waals surface area contributed by atoms with Crippen molar-refractivity contribution >= 4 is 11.5 Å². The molecule has 1 aromatic carbocycles. The second-order valence-corrected chi connectivity index (χ2v) is 3.98. The number of benzene rings is 1. The first-order valence-electron chi connectivity index (χ1n) is 5.53. The van der Waals surface area contributed by atoms with E-state index in [9.17, 15) is 0 Å². The highest BCUT2D eigenvalue weighted by Crippen LogP contribution is 2.34. The molecule has 3 rings (SSSR count). The molecule has 4 heteroatoms. The Labute approximate surface area is 99.4 Å². The quantitative estimate of drug-likeness (QED) is 0.825. The molecule has 0 spiro atoms. The van der Waals surface area contributed by atoms with Gasteiger partial charge in [-0.2, -0.15) is 0 Å². The van der Waals surface area contributed by atoms with Crippen LogP contribution >= 0.6 is 0 Å². The van der Waals surface area contributed by atoms with Crippen LogP contribution in [0, 0.1) is 0 Å². The third-order valence-corrected chi connectivity index (χ3v) is 2.87. The Morgan fingerprint density at radius 1 is 1.24 bits per heavy atom. The van der Waals surface area contributed by atoms with E-state index in [1.165, 1.54) is 0 Å². The number of aromatic nitrogens is 1. The number of anilines is 2. The zero-order valence-electron chi connectivity index (χ0n) is 9.26. The number of fused-ring (bicyclic) bond motifs is 1. The van der Waals surface area contributed by atoms with E-state index in [0.29, 0.717) is 12.4 Å². The van der Waals surface area contributed by atoms with Gasteiger partial charge in [0.1, 0.15) is 18.2 Å². The van der Waals surface area contributed by atoms with E-state index >= 15 is 0 Å². The van der Waals surface area contributed by atoms with Gasteiger partial charge in [-0.15, -0.1) is 0 Å². The lowest BCUT2D eigenvalue weighted by Gasteiger charge is -2.14. The smallest absolute Gasteiger partial charge is 0.146 e. The molecule has 1 aliphatic rings. The molecule has 0 aliphatic carbocycles. The van der Waals surface area contributed by atoms with Gasteiger partial charge in [0.05, 0.1) is 11.7 Å². The second kappa shape index (κ2) is 3.97. The first-order valence-corrected chi connectivity index (χ1v) is 5.53. The molecule has 0 amide bonds. The minimum atomic E-state index is 0.137. The molecule has 0 fully saturated rings. The Morgan fingerprint density at radius 3 is 3.00 bits per heavy atom. The predicted molar refractivity (Wildman–Crippen MR) is 67.0 cm³/mol. The van der Waals surface area contributed by atoms with Crippen LogP contribution < -0.4 is 15.8 Å². The zero-order chi connectivity index (χ0) is 11.7. The summed E-state index contributed by atoms with van der Waals surface area (Å²) >= 11 is 0. The number of nitrogens with two attached hydrogens (primary N) is 1. The van der Waals surface area contributed by atoms with Crippen molar-refractivity contribution in [3.63, 3.8) is 0 Å². The molecule has 2 heterocycles. The van der Waals surface area contributed by atoms with Crippen LogP contribution in [0.3, 0.4) is 0 Å².